The van der Waals surface area contributed by atoms with Crippen molar-refractivity contribution in [3.63, 3.8) is 0 Å². The Morgan fingerprint density at radius 1 is 1.25 bits per heavy atom. The van der Waals surface area contributed by atoms with Crippen LogP contribution in [0, 0.1) is 18.8 Å². The second-order valence-electron chi connectivity index (χ2n) is 7.84. The predicted molar refractivity (Wildman–Crippen MR) is 115 cm³/mol. The van der Waals surface area contributed by atoms with E-state index in [1.54, 1.807) is 24.2 Å². The average Bonchev–Trinajstić information content (AvgIpc) is 2.68. The maximum absolute atomic E-state index is 12.4. The Bertz CT molecular complexity index is 788. The molecule has 0 aliphatic carbocycles. The topological polar surface area (TPSA) is 58.1 Å². The Kier molecular flexibility index (Phi) is 7.31. The number of piperidine rings is 1. The van der Waals surface area contributed by atoms with Gasteiger partial charge in [0.15, 0.2) is 5.82 Å². The number of carbonyl (C=O) groups is 1. The Morgan fingerprint density at radius 2 is 2.00 bits per heavy atom. The van der Waals surface area contributed by atoms with E-state index >= 15 is 0 Å². The van der Waals surface area contributed by atoms with Gasteiger partial charge in [0.25, 0.3) is 0 Å². The lowest BCUT2D eigenvalue weighted by Gasteiger charge is -2.32. The van der Waals surface area contributed by atoms with Gasteiger partial charge < -0.3 is 10.2 Å². The molecule has 6 heteroatoms. The zero-order valence-corrected chi connectivity index (χ0v) is 17.8. The van der Waals surface area contributed by atoms with Gasteiger partial charge in [-0.1, -0.05) is 43.3 Å². The number of carbonyl (C=O) groups excluding carboxylic acids is 1. The fourth-order valence-corrected chi connectivity index (χ4v) is 4.38. The minimum atomic E-state index is 0.105. The molecule has 1 amide bonds. The van der Waals surface area contributed by atoms with E-state index in [0.717, 1.165) is 49.7 Å². The molecule has 0 saturated carbocycles. The van der Waals surface area contributed by atoms with Gasteiger partial charge in [0.05, 0.1) is 0 Å². The maximum Gasteiger partial charge on any atom is 0.223 e. The molecule has 28 heavy (non-hydrogen) atoms. The molecule has 0 radical (unpaired) electrons. The highest BCUT2D eigenvalue weighted by Gasteiger charge is 2.27. The number of hydrogen-bond donors (Lipinski definition) is 1. The predicted octanol–water partition coefficient (Wildman–Crippen LogP) is 4.31. The molecular formula is C22H30N4OS. The third-order valence-corrected chi connectivity index (χ3v) is 6.01. The first-order valence-electron chi connectivity index (χ1n) is 10.1. The first kappa shape index (κ1) is 20.6. The van der Waals surface area contributed by atoms with Crippen molar-refractivity contribution in [2.24, 2.45) is 11.8 Å². The number of nitrogens with zero attached hydrogens (tertiary/aromatic N) is 3. The molecule has 1 aliphatic rings. The Labute approximate surface area is 172 Å². The van der Waals surface area contributed by atoms with E-state index in [-0.39, 0.29) is 11.8 Å². The number of aromatic nitrogens is 2. The average molecular weight is 399 g/mol. The van der Waals surface area contributed by atoms with Crippen molar-refractivity contribution in [3.8, 4) is 0 Å². The molecule has 1 aliphatic heterocycles. The van der Waals surface area contributed by atoms with Crippen LogP contribution in [0.1, 0.15) is 38.7 Å². The molecule has 1 aromatic carbocycles. The van der Waals surface area contributed by atoms with Crippen molar-refractivity contribution in [1.82, 2.24) is 15.3 Å². The van der Waals surface area contributed by atoms with E-state index in [1.165, 1.54) is 10.5 Å². The molecule has 3 rings (SSSR count). The fourth-order valence-electron chi connectivity index (χ4n) is 3.38. The summed E-state index contributed by atoms with van der Waals surface area (Å²) >= 11 is 1.65. The first-order valence-corrected chi connectivity index (χ1v) is 10.9. The lowest BCUT2D eigenvalue weighted by Crippen LogP contribution is -2.41. The summed E-state index contributed by atoms with van der Waals surface area (Å²) in [5.74, 6) is 1.84. The number of rotatable bonds is 7. The highest BCUT2D eigenvalue weighted by Crippen LogP contribution is 2.34. The minimum absolute atomic E-state index is 0.105. The maximum atomic E-state index is 12.4. The van der Waals surface area contributed by atoms with Crippen LogP contribution in [0.15, 0.2) is 46.6 Å². The summed E-state index contributed by atoms with van der Waals surface area (Å²) in [4.78, 5) is 25.0. The second-order valence-corrected chi connectivity index (χ2v) is 8.90. The molecule has 1 N–H and O–H groups in total. The van der Waals surface area contributed by atoms with Gasteiger partial charge in [-0.15, -0.1) is 0 Å². The first-order chi connectivity index (χ1) is 13.5. The van der Waals surface area contributed by atoms with E-state index in [4.69, 9.17) is 0 Å². The summed E-state index contributed by atoms with van der Waals surface area (Å²) in [5, 5.41) is 4.02. The lowest BCUT2D eigenvalue weighted by atomic mass is 9.96. The van der Waals surface area contributed by atoms with Crippen LogP contribution >= 0.6 is 11.8 Å². The van der Waals surface area contributed by atoms with Gasteiger partial charge in [-0.2, -0.15) is 0 Å². The molecule has 0 atom stereocenters. The normalized spacial score (nSPS) is 15.1. The van der Waals surface area contributed by atoms with E-state index < -0.39 is 0 Å². The summed E-state index contributed by atoms with van der Waals surface area (Å²) in [5.41, 5.74) is 1.24. The molecular weight excluding hydrogens is 368 g/mol. The highest BCUT2D eigenvalue weighted by molar-refractivity contribution is 7.99. The van der Waals surface area contributed by atoms with E-state index in [1.807, 2.05) is 0 Å². The summed E-state index contributed by atoms with van der Waals surface area (Å²) < 4.78 is 0. The number of nitrogens with one attached hydrogen (secondary N) is 1. The van der Waals surface area contributed by atoms with Gasteiger partial charge in [0.2, 0.25) is 5.91 Å². The van der Waals surface area contributed by atoms with E-state index in [0.29, 0.717) is 5.92 Å². The summed E-state index contributed by atoms with van der Waals surface area (Å²) in [6.07, 6.45) is 6.25. The zero-order valence-electron chi connectivity index (χ0n) is 17.0. The summed E-state index contributed by atoms with van der Waals surface area (Å²) in [6.45, 7) is 8.90. The van der Waals surface area contributed by atoms with E-state index in [2.05, 4.69) is 65.2 Å². The van der Waals surface area contributed by atoms with Crippen LogP contribution in [-0.2, 0) is 4.79 Å². The molecule has 5 nitrogen and oxygen atoms in total. The van der Waals surface area contributed by atoms with Gasteiger partial charge in [0.1, 0.15) is 5.03 Å². The van der Waals surface area contributed by atoms with Crippen LogP contribution in [0.4, 0.5) is 5.82 Å². The molecule has 150 valence electrons. The second kappa shape index (κ2) is 9.92. The fraction of sp³-hybridized carbons (Fsp3) is 0.500. The molecule has 2 aromatic rings. The molecule has 1 aromatic heterocycles. The molecule has 2 heterocycles. The standard InChI is InChI=1S/C22H30N4OS/c1-16(2)7-10-24-21(27)18-8-13-26(14-9-18)20-22(25-12-11-23-20)28-19-6-4-5-17(3)15-19/h4-6,11-12,15-16,18H,7-10,13-14H2,1-3H3,(H,24,27). The van der Waals surface area contributed by atoms with Crippen molar-refractivity contribution in [2.75, 3.05) is 24.5 Å². The quantitative estimate of drug-likeness (QED) is 0.753. The summed E-state index contributed by atoms with van der Waals surface area (Å²) in [7, 11) is 0. The molecule has 1 saturated heterocycles. The zero-order chi connectivity index (χ0) is 19.9. The molecule has 0 unspecified atom stereocenters. The smallest absolute Gasteiger partial charge is 0.223 e. The van der Waals surface area contributed by atoms with Crippen LogP contribution in [0.3, 0.4) is 0 Å². The Hall–Kier alpha value is -2.08. The number of amides is 1. The third-order valence-electron chi connectivity index (χ3n) is 5.04. The van der Waals surface area contributed by atoms with Crippen LogP contribution in [0.2, 0.25) is 0 Å². The SMILES string of the molecule is Cc1cccc(Sc2nccnc2N2CCC(C(=O)NCCC(C)C)CC2)c1. The van der Waals surface area contributed by atoms with Crippen LogP contribution < -0.4 is 10.2 Å². The van der Waals surface area contributed by atoms with Gasteiger partial charge in [-0.05, 0) is 44.2 Å². The van der Waals surface area contributed by atoms with Gasteiger partial charge in [-0.3, -0.25) is 4.79 Å². The van der Waals surface area contributed by atoms with Crippen LogP contribution in [-0.4, -0.2) is 35.5 Å². The highest BCUT2D eigenvalue weighted by atomic mass is 32.2. The van der Waals surface area contributed by atoms with Crippen molar-refractivity contribution in [3.05, 3.63) is 42.2 Å². The summed E-state index contributed by atoms with van der Waals surface area (Å²) in [6, 6.07) is 8.43. The third kappa shape index (κ3) is 5.71. The monoisotopic (exact) mass is 398 g/mol. The number of benzene rings is 1. The molecule has 1 fully saturated rings. The van der Waals surface area contributed by atoms with Crippen molar-refractivity contribution in [1.29, 1.82) is 0 Å². The molecule has 0 spiro atoms. The number of anilines is 1. The van der Waals surface area contributed by atoms with Gasteiger partial charge in [0, 0.05) is 42.8 Å². The van der Waals surface area contributed by atoms with Crippen molar-refractivity contribution >= 4 is 23.5 Å². The van der Waals surface area contributed by atoms with Gasteiger partial charge in [-0.25, -0.2) is 9.97 Å². The van der Waals surface area contributed by atoms with Gasteiger partial charge >= 0.3 is 0 Å². The number of aryl methyl sites for hydroxylation is 1. The van der Waals surface area contributed by atoms with Crippen LogP contribution in [0.5, 0.6) is 0 Å². The Balaban J connectivity index is 1.59. The molecule has 0 bridgehead atoms. The van der Waals surface area contributed by atoms with Crippen molar-refractivity contribution < 1.29 is 4.79 Å². The minimum Gasteiger partial charge on any atom is -0.356 e. The van der Waals surface area contributed by atoms with Crippen LogP contribution in [0.25, 0.3) is 0 Å². The Morgan fingerprint density at radius 3 is 2.71 bits per heavy atom. The number of hydrogen-bond acceptors (Lipinski definition) is 5. The largest absolute Gasteiger partial charge is 0.356 e. The van der Waals surface area contributed by atoms with Crippen molar-refractivity contribution in [2.45, 2.75) is 50.0 Å². The van der Waals surface area contributed by atoms with E-state index in [9.17, 15) is 4.79 Å². The lowest BCUT2D eigenvalue weighted by molar-refractivity contribution is -0.125.